The number of carbonyl (C=O) groups excluding carboxylic acids is 6. The van der Waals surface area contributed by atoms with Gasteiger partial charge in [0, 0.05) is 6.42 Å². The van der Waals surface area contributed by atoms with E-state index in [1.54, 1.807) is 12.1 Å². The van der Waals surface area contributed by atoms with Gasteiger partial charge in [-0.15, -0.1) is 0 Å². The molecule has 1 aromatic rings. The molecule has 3 N–H and O–H groups in total. The summed E-state index contributed by atoms with van der Waals surface area (Å²) in [6, 6.07) is 3.10. The lowest BCUT2D eigenvalue weighted by atomic mass is 10.0. The second-order valence-corrected chi connectivity index (χ2v) is 6.77. The van der Waals surface area contributed by atoms with Crippen LogP contribution in [-0.4, -0.2) is 68.7 Å². The predicted molar refractivity (Wildman–Crippen MR) is 95.6 cm³/mol. The number of amides is 7. The largest absolute Gasteiger partial charge is 0.478 e. The molecule has 2 heterocycles. The number of piperidine rings is 1. The van der Waals surface area contributed by atoms with Crippen molar-refractivity contribution < 1.29 is 38.7 Å². The van der Waals surface area contributed by atoms with Crippen LogP contribution >= 0.6 is 0 Å². The molecule has 12 heteroatoms. The van der Waals surface area contributed by atoms with Crippen LogP contribution in [0.2, 0.25) is 0 Å². The topological polar surface area (TPSA) is 170 Å². The number of nitrogens with zero attached hydrogens (tertiary/aromatic N) is 2. The number of benzene rings is 1. The summed E-state index contributed by atoms with van der Waals surface area (Å²) >= 11 is 0. The summed E-state index contributed by atoms with van der Waals surface area (Å²) < 4.78 is 0. The van der Waals surface area contributed by atoms with Gasteiger partial charge >= 0.3 is 12.0 Å². The second-order valence-electron chi connectivity index (χ2n) is 6.77. The summed E-state index contributed by atoms with van der Waals surface area (Å²) in [5.41, 5.74) is -2.12. The summed E-state index contributed by atoms with van der Waals surface area (Å²) in [5.74, 6) is -5.22. The molecule has 0 bridgehead atoms. The number of nitrogens with one attached hydrogen (secondary N) is 2. The minimum Gasteiger partial charge on any atom is -0.478 e. The first-order chi connectivity index (χ1) is 14.1. The zero-order chi connectivity index (χ0) is 22.2. The first-order valence-electron chi connectivity index (χ1n) is 8.73. The van der Waals surface area contributed by atoms with Crippen LogP contribution in [0.4, 0.5) is 4.79 Å². The Hall–Kier alpha value is -4.09. The van der Waals surface area contributed by atoms with Crippen molar-refractivity contribution in [3.63, 3.8) is 0 Å². The van der Waals surface area contributed by atoms with Crippen molar-refractivity contribution in [1.29, 1.82) is 0 Å². The molecule has 12 nitrogen and oxygen atoms in total. The van der Waals surface area contributed by atoms with Gasteiger partial charge in [-0.2, -0.15) is 4.90 Å². The molecule has 0 spiro atoms. The van der Waals surface area contributed by atoms with E-state index in [1.807, 2.05) is 10.6 Å². The minimum absolute atomic E-state index is 0.0237. The average Bonchev–Trinajstić information content (AvgIpc) is 2.93. The molecule has 1 saturated heterocycles. The SMILES string of the molecule is CC(NC=O)(NC(=O)N1C(=O)CCC(N2C(=O)c3ccccc3C2=O)C1=O)C(=O)O. The number of carbonyl (C=O) groups is 7. The quantitative estimate of drug-likeness (QED) is 0.313. The third kappa shape index (κ3) is 3.17. The Morgan fingerprint density at radius 1 is 1.13 bits per heavy atom. The van der Waals surface area contributed by atoms with Crippen LogP contribution in [0.5, 0.6) is 0 Å². The van der Waals surface area contributed by atoms with Crippen molar-refractivity contribution in [1.82, 2.24) is 20.4 Å². The number of aliphatic carboxylic acids is 1. The Balaban J connectivity index is 1.88. The van der Waals surface area contributed by atoms with Crippen LogP contribution in [0.25, 0.3) is 0 Å². The molecular weight excluding hydrogens is 400 g/mol. The standard InChI is InChI=1S/C18H16N4O8/c1-18(16(28)29,19-8-23)20-17(30)22-12(24)7-6-11(15(22)27)21-13(25)9-4-2-3-5-10(9)14(21)26/h2-5,8,11H,6-7H2,1H3,(H,19,23)(H,20,30)(H,28,29). The van der Waals surface area contributed by atoms with Crippen molar-refractivity contribution in [2.75, 3.05) is 0 Å². The highest BCUT2D eigenvalue weighted by atomic mass is 16.4. The zero-order valence-corrected chi connectivity index (χ0v) is 15.6. The lowest BCUT2D eigenvalue weighted by molar-refractivity contribution is -0.150. The van der Waals surface area contributed by atoms with Crippen LogP contribution in [0.3, 0.4) is 0 Å². The molecule has 0 saturated carbocycles. The first-order valence-corrected chi connectivity index (χ1v) is 8.73. The highest BCUT2D eigenvalue weighted by molar-refractivity contribution is 6.24. The van der Waals surface area contributed by atoms with E-state index >= 15 is 0 Å². The Bertz CT molecular complexity index is 971. The number of fused-ring (bicyclic) bond motifs is 1. The summed E-state index contributed by atoms with van der Waals surface area (Å²) in [5, 5.41) is 13.0. The van der Waals surface area contributed by atoms with E-state index < -0.39 is 47.3 Å². The van der Waals surface area contributed by atoms with Crippen molar-refractivity contribution in [3.05, 3.63) is 35.4 Å². The molecule has 1 fully saturated rings. The Morgan fingerprint density at radius 3 is 2.20 bits per heavy atom. The molecule has 0 aliphatic carbocycles. The third-order valence-corrected chi connectivity index (χ3v) is 4.86. The van der Waals surface area contributed by atoms with E-state index in [-0.39, 0.29) is 35.3 Å². The normalized spacial score (nSPS) is 20.5. The maximum atomic E-state index is 12.9. The van der Waals surface area contributed by atoms with Crippen molar-refractivity contribution >= 4 is 42.0 Å². The molecule has 2 aliphatic heterocycles. The van der Waals surface area contributed by atoms with Crippen LogP contribution in [0.1, 0.15) is 40.5 Å². The predicted octanol–water partition coefficient (Wildman–Crippen LogP) is -0.943. The van der Waals surface area contributed by atoms with Crippen molar-refractivity contribution in [2.45, 2.75) is 31.5 Å². The molecule has 0 aromatic heterocycles. The van der Waals surface area contributed by atoms with Crippen LogP contribution in [0, 0.1) is 0 Å². The molecule has 7 amide bonds. The highest BCUT2D eigenvalue weighted by Crippen LogP contribution is 2.29. The van der Waals surface area contributed by atoms with E-state index in [1.165, 1.54) is 12.1 Å². The number of hydrogen-bond donors (Lipinski definition) is 3. The number of carboxylic acid groups (broad SMARTS) is 1. The number of carboxylic acids is 1. The van der Waals surface area contributed by atoms with Gasteiger partial charge in [0.15, 0.2) is 0 Å². The fraction of sp³-hybridized carbons (Fsp3) is 0.278. The summed E-state index contributed by atoms with van der Waals surface area (Å²) in [4.78, 5) is 85.8. The highest BCUT2D eigenvalue weighted by Gasteiger charge is 2.49. The average molecular weight is 416 g/mol. The van der Waals surface area contributed by atoms with E-state index in [0.29, 0.717) is 4.90 Å². The maximum absolute atomic E-state index is 12.9. The maximum Gasteiger partial charge on any atom is 0.350 e. The molecular formula is C18H16N4O8. The smallest absolute Gasteiger partial charge is 0.350 e. The molecule has 30 heavy (non-hydrogen) atoms. The zero-order valence-electron chi connectivity index (χ0n) is 15.6. The number of likely N-dealkylation sites (tertiary alicyclic amines) is 1. The number of rotatable bonds is 5. The summed E-state index contributed by atoms with van der Waals surface area (Å²) in [6.45, 7) is 0.933. The van der Waals surface area contributed by atoms with E-state index in [4.69, 9.17) is 0 Å². The van der Waals surface area contributed by atoms with Gasteiger partial charge in [-0.25, -0.2) is 9.59 Å². The number of urea groups is 1. The molecule has 1 aromatic carbocycles. The van der Waals surface area contributed by atoms with Crippen LogP contribution < -0.4 is 10.6 Å². The van der Waals surface area contributed by atoms with Crippen LogP contribution in [0.15, 0.2) is 24.3 Å². The molecule has 156 valence electrons. The Morgan fingerprint density at radius 2 is 1.70 bits per heavy atom. The van der Waals surface area contributed by atoms with Gasteiger partial charge in [-0.05, 0) is 25.5 Å². The van der Waals surface area contributed by atoms with Crippen LogP contribution in [-0.2, 0) is 19.2 Å². The van der Waals surface area contributed by atoms with Gasteiger partial charge in [-0.3, -0.25) is 28.9 Å². The molecule has 2 unspecified atom stereocenters. The van der Waals surface area contributed by atoms with Gasteiger partial charge in [-0.1, -0.05) is 12.1 Å². The molecule has 0 radical (unpaired) electrons. The van der Waals surface area contributed by atoms with E-state index in [0.717, 1.165) is 6.92 Å². The summed E-state index contributed by atoms with van der Waals surface area (Å²) in [6.07, 6.45) is -0.506. The fourth-order valence-corrected chi connectivity index (χ4v) is 3.25. The van der Waals surface area contributed by atoms with Gasteiger partial charge < -0.3 is 15.7 Å². The minimum atomic E-state index is -2.30. The Labute approximate surface area is 168 Å². The van der Waals surface area contributed by atoms with E-state index in [9.17, 15) is 38.7 Å². The Kier molecular flexibility index (Phi) is 5.08. The monoisotopic (exact) mass is 416 g/mol. The molecule has 3 rings (SSSR count). The number of hydrogen-bond acceptors (Lipinski definition) is 7. The van der Waals surface area contributed by atoms with Gasteiger partial charge in [0.25, 0.3) is 17.7 Å². The first kappa shape index (κ1) is 20.6. The van der Waals surface area contributed by atoms with Gasteiger partial charge in [0.2, 0.25) is 18.0 Å². The van der Waals surface area contributed by atoms with E-state index in [2.05, 4.69) is 0 Å². The molecule has 2 atom stereocenters. The summed E-state index contributed by atoms with van der Waals surface area (Å²) in [7, 11) is 0. The molecule has 2 aliphatic rings. The van der Waals surface area contributed by atoms with Crippen molar-refractivity contribution in [2.24, 2.45) is 0 Å². The second kappa shape index (κ2) is 7.39. The van der Waals surface area contributed by atoms with Gasteiger partial charge in [0.05, 0.1) is 11.1 Å². The lowest BCUT2D eigenvalue weighted by Crippen LogP contribution is -2.67. The van der Waals surface area contributed by atoms with Gasteiger partial charge in [0.1, 0.15) is 6.04 Å². The lowest BCUT2D eigenvalue weighted by Gasteiger charge is -2.35. The third-order valence-electron chi connectivity index (χ3n) is 4.86. The number of imide groups is 4. The van der Waals surface area contributed by atoms with Crippen molar-refractivity contribution in [3.8, 4) is 0 Å². The fourth-order valence-electron chi connectivity index (χ4n) is 3.25.